The third-order valence-electron chi connectivity index (χ3n) is 2.98. The van der Waals surface area contributed by atoms with E-state index >= 15 is 0 Å². The second kappa shape index (κ2) is 10.6. The van der Waals surface area contributed by atoms with E-state index in [-0.39, 0.29) is 11.3 Å². The molecule has 0 saturated heterocycles. The van der Waals surface area contributed by atoms with Gasteiger partial charge < -0.3 is 5.23 Å². The zero-order valence-electron chi connectivity index (χ0n) is 13.3. The molecule has 1 unspecified atom stereocenters. The second-order valence-corrected chi connectivity index (χ2v) is 4.87. The van der Waals surface area contributed by atoms with Gasteiger partial charge in [-0.05, 0) is 6.42 Å². The summed E-state index contributed by atoms with van der Waals surface area (Å²) in [6.45, 7) is 8.40. The lowest BCUT2D eigenvalue weighted by Crippen LogP contribution is -2.28. The molecule has 1 atom stereocenters. The number of nitrogens with one attached hydrogen (secondary N) is 1. The molecule has 3 radical (unpaired) electrons. The van der Waals surface area contributed by atoms with Crippen LogP contribution in [0.1, 0.15) is 47.0 Å². The Morgan fingerprint density at radius 2 is 2.10 bits per heavy atom. The van der Waals surface area contributed by atoms with Crippen LogP contribution in [0.25, 0.3) is 0 Å². The predicted octanol–water partition coefficient (Wildman–Crippen LogP) is 3.54. The van der Waals surface area contributed by atoms with Crippen LogP contribution in [-0.4, -0.2) is 21.2 Å². The first-order valence-electron chi connectivity index (χ1n) is 7.51. The van der Waals surface area contributed by atoms with Gasteiger partial charge in [0, 0.05) is 11.8 Å². The molecule has 1 aliphatic rings. The highest BCUT2D eigenvalue weighted by Crippen LogP contribution is 2.28. The van der Waals surface area contributed by atoms with Crippen molar-refractivity contribution < 1.29 is 4.79 Å². The maximum Gasteiger partial charge on any atom is 0.284 e. The summed E-state index contributed by atoms with van der Waals surface area (Å²) in [7, 11) is 7.05. The van der Waals surface area contributed by atoms with Gasteiger partial charge in [0.25, 0.3) is 7.41 Å². The molecule has 1 rings (SSSR count). The smallest absolute Gasteiger partial charge is 0.284 e. The van der Waals surface area contributed by atoms with Crippen molar-refractivity contribution in [1.29, 1.82) is 0 Å². The zero-order valence-corrected chi connectivity index (χ0v) is 13.3. The molecule has 0 heterocycles. The van der Waals surface area contributed by atoms with Crippen molar-refractivity contribution in [3.05, 3.63) is 35.9 Å². The molecule has 0 spiro atoms. The zero-order chi connectivity index (χ0) is 15.4. The Labute approximate surface area is 126 Å². The van der Waals surface area contributed by atoms with Crippen LogP contribution in [0, 0.1) is 5.41 Å². The van der Waals surface area contributed by atoms with E-state index in [0.717, 1.165) is 18.3 Å². The van der Waals surface area contributed by atoms with Gasteiger partial charge in [-0.25, -0.2) is 0 Å². The van der Waals surface area contributed by atoms with Crippen LogP contribution in [0.4, 0.5) is 0 Å². The number of allylic oxidation sites excluding steroid dienone is 6. The third-order valence-corrected chi connectivity index (χ3v) is 2.98. The standard InChI is InChI=1S/C14H20B2NO.C2H6/c1-3-8-14(2)9-4-5-12(6-10-14)16-17-13(18)7-11-15;1-2/h4-6,9-10H,3,7-8,11H2,1-2H3,(H,17,18);1-2H3. The molecule has 2 nitrogen and oxygen atoms in total. The number of amides is 1. The molecule has 0 aromatic rings. The van der Waals surface area contributed by atoms with Crippen LogP contribution >= 0.6 is 0 Å². The van der Waals surface area contributed by atoms with Crippen molar-refractivity contribution in [2.45, 2.75) is 53.3 Å². The maximum absolute atomic E-state index is 11.3. The Kier molecular flexibility index (Phi) is 9.96. The molecule has 0 bridgehead atoms. The molecule has 107 valence electrons. The lowest BCUT2D eigenvalue weighted by molar-refractivity contribution is -0.119. The monoisotopic (exact) mass is 270 g/mol. The highest BCUT2D eigenvalue weighted by Gasteiger charge is 2.17. The van der Waals surface area contributed by atoms with Gasteiger partial charge in [0.2, 0.25) is 5.91 Å². The van der Waals surface area contributed by atoms with Gasteiger partial charge in [-0.2, -0.15) is 0 Å². The summed E-state index contributed by atoms with van der Waals surface area (Å²) >= 11 is 0. The minimum absolute atomic E-state index is 0.0450. The quantitative estimate of drug-likeness (QED) is 0.735. The summed E-state index contributed by atoms with van der Waals surface area (Å²) in [6.07, 6.45) is 13.5. The molecular formula is C16H26B2NO. The van der Waals surface area contributed by atoms with Crippen LogP contribution in [0.5, 0.6) is 0 Å². The summed E-state index contributed by atoms with van der Waals surface area (Å²) in [5.41, 5.74) is 1.11. The molecule has 0 aromatic carbocycles. The Bertz CT molecular complexity index is 375. The van der Waals surface area contributed by atoms with E-state index < -0.39 is 0 Å². The summed E-state index contributed by atoms with van der Waals surface area (Å²) in [5.74, 6) is -0.0450. The lowest BCUT2D eigenvalue weighted by Gasteiger charge is -2.20. The molecule has 0 fully saturated rings. The van der Waals surface area contributed by atoms with E-state index in [2.05, 4.69) is 43.4 Å². The fourth-order valence-corrected chi connectivity index (χ4v) is 1.95. The second-order valence-electron chi connectivity index (χ2n) is 4.87. The van der Waals surface area contributed by atoms with Crippen molar-refractivity contribution in [3.63, 3.8) is 0 Å². The molecular weight excluding hydrogens is 244 g/mol. The van der Waals surface area contributed by atoms with Gasteiger partial charge in [-0.15, -0.1) is 0 Å². The van der Waals surface area contributed by atoms with E-state index in [0.29, 0.717) is 12.7 Å². The summed E-state index contributed by atoms with van der Waals surface area (Å²) in [5, 5.41) is 2.74. The Balaban J connectivity index is 0.00000172. The highest BCUT2D eigenvalue weighted by atomic mass is 16.1. The van der Waals surface area contributed by atoms with E-state index in [1.807, 2.05) is 19.9 Å². The minimum Gasteiger partial charge on any atom is -0.398 e. The first-order chi connectivity index (χ1) is 9.59. The number of hydrogen-bond donors (Lipinski definition) is 1. The average molecular weight is 270 g/mol. The van der Waals surface area contributed by atoms with Crippen molar-refractivity contribution >= 4 is 21.2 Å². The van der Waals surface area contributed by atoms with Crippen molar-refractivity contribution in [2.75, 3.05) is 0 Å². The van der Waals surface area contributed by atoms with Crippen LogP contribution in [0.2, 0.25) is 6.32 Å². The Morgan fingerprint density at radius 3 is 2.70 bits per heavy atom. The molecule has 0 aliphatic heterocycles. The topological polar surface area (TPSA) is 29.1 Å². The minimum atomic E-state index is -0.0450. The van der Waals surface area contributed by atoms with E-state index in [1.54, 1.807) is 7.41 Å². The first-order valence-corrected chi connectivity index (χ1v) is 7.51. The molecule has 1 amide bonds. The first kappa shape index (κ1) is 18.8. The van der Waals surface area contributed by atoms with Crippen molar-refractivity contribution in [3.8, 4) is 0 Å². The van der Waals surface area contributed by atoms with Gasteiger partial charge in [0.15, 0.2) is 0 Å². The van der Waals surface area contributed by atoms with E-state index in [9.17, 15) is 4.79 Å². The number of rotatable bonds is 6. The lowest BCUT2D eigenvalue weighted by atomic mass is 9.79. The molecule has 0 saturated carbocycles. The van der Waals surface area contributed by atoms with Gasteiger partial charge in [0.05, 0.1) is 7.85 Å². The normalized spacial score (nSPS) is 20.3. The molecule has 20 heavy (non-hydrogen) atoms. The van der Waals surface area contributed by atoms with Crippen LogP contribution in [0.3, 0.4) is 0 Å². The van der Waals surface area contributed by atoms with E-state index in [1.165, 1.54) is 0 Å². The molecule has 0 aromatic heterocycles. The van der Waals surface area contributed by atoms with Crippen LogP contribution in [0.15, 0.2) is 35.9 Å². The largest absolute Gasteiger partial charge is 0.398 e. The average Bonchev–Trinajstić information content (AvgIpc) is 2.62. The SMILES string of the molecule is CC.[B]CCC(=O)N[B]C1=CC=CC(C)(CCC)C=C1. The van der Waals surface area contributed by atoms with Crippen LogP contribution in [-0.2, 0) is 4.79 Å². The van der Waals surface area contributed by atoms with Gasteiger partial charge in [-0.3, -0.25) is 4.79 Å². The van der Waals surface area contributed by atoms with Gasteiger partial charge in [0.1, 0.15) is 0 Å². The fraction of sp³-hybridized carbons (Fsp3) is 0.562. The fourth-order valence-electron chi connectivity index (χ4n) is 1.95. The summed E-state index contributed by atoms with van der Waals surface area (Å²) < 4.78 is 0. The van der Waals surface area contributed by atoms with E-state index in [4.69, 9.17) is 7.85 Å². The number of carbonyl (C=O) groups excluding carboxylic acids is 1. The van der Waals surface area contributed by atoms with Crippen LogP contribution < -0.4 is 5.23 Å². The third kappa shape index (κ3) is 7.42. The summed E-state index contributed by atoms with van der Waals surface area (Å²) in [6, 6.07) is 0. The number of carbonyl (C=O) groups is 1. The Hall–Kier alpha value is -1.18. The number of hydrogen-bond acceptors (Lipinski definition) is 1. The van der Waals surface area contributed by atoms with Crippen molar-refractivity contribution in [1.82, 2.24) is 5.23 Å². The van der Waals surface area contributed by atoms with Gasteiger partial charge >= 0.3 is 0 Å². The maximum atomic E-state index is 11.3. The predicted molar refractivity (Wildman–Crippen MR) is 89.8 cm³/mol. The molecule has 1 aliphatic carbocycles. The highest BCUT2D eigenvalue weighted by molar-refractivity contribution is 6.47. The molecule has 1 N–H and O–H groups in total. The Morgan fingerprint density at radius 1 is 1.40 bits per heavy atom. The van der Waals surface area contributed by atoms with Gasteiger partial charge in [-0.1, -0.05) is 76.3 Å². The molecule has 4 heteroatoms. The summed E-state index contributed by atoms with van der Waals surface area (Å²) in [4.78, 5) is 11.3. The van der Waals surface area contributed by atoms with Crippen molar-refractivity contribution in [2.24, 2.45) is 5.41 Å².